The number of ether oxygens (including phenoxy) is 3. The van der Waals surface area contributed by atoms with Gasteiger partial charge in [-0.15, -0.1) is 0 Å². The van der Waals surface area contributed by atoms with Gasteiger partial charge in [0.25, 0.3) is 0 Å². The molecule has 2 aromatic rings. The Labute approximate surface area is 155 Å². The number of carbonyl (C=O) groups is 1. The quantitative estimate of drug-likeness (QED) is 0.822. The zero-order chi connectivity index (χ0) is 18.5. The highest BCUT2D eigenvalue weighted by atomic mass is 35.5. The summed E-state index contributed by atoms with van der Waals surface area (Å²) in [5.74, 6) is -0.947. The number of nitrogens with zero attached hydrogens (tertiary/aromatic N) is 1. The van der Waals surface area contributed by atoms with Gasteiger partial charge in [0.05, 0.1) is 18.7 Å². The Hall–Kier alpha value is -2.22. The number of hydrogen-bond donors (Lipinski definition) is 1. The van der Waals surface area contributed by atoms with Crippen molar-refractivity contribution in [3.63, 3.8) is 0 Å². The first kappa shape index (κ1) is 18.6. The Kier molecular flexibility index (Phi) is 6.03. The fraction of sp³-hybridized carbons (Fsp3) is 0.333. The third-order valence-corrected chi connectivity index (χ3v) is 4.28. The molecule has 1 saturated heterocycles. The predicted molar refractivity (Wildman–Crippen MR) is 93.0 cm³/mol. The number of hydrogen-bond acceptors (Lipinski definition) is 6. The normalized spacial score (nSPS) is 20.3. The minimum absolute atomic E-state index is 0.0377. The van der Waals surface area contributed by atoms with Gasteiger partial charge in [0.2, 0.25) is 5.88 Å². The lowest BCUT2D eigenvalue weighted by Gasteiger charge is -2.26. The van der Waals surface area contributed by atoms with Crippen LogP contribution in [-0.2, 0) is 9.47 Å². The summed E-state index contributed by atoms with van der Waals surface area (Å²) in [7, 11) is 1.29. The first-order valence-corrected chi connectivity index (χ1v) is 8.45. The minimum atomic E-state index is -0.552. The van der Waals surface area contributed by atoms with Gasteiger partial charge in [-0.3, -0.25) is 0 Å². The van der Waals surface area contributed by atoms with Crippen LogP contribution in [-0.4, -0.2) is 43.9 Å². The highest BCUT2D eigenvalue weighted by molar-refractivity contribution is 6.30. The molecule has 0 saturated carbocycles. The Morgan fingerprint density at radius 2 is 2.27 bits per heavy atom. The molecule has 0 unspecified atom stereocenters. The van der Waals surface area contributed by atoms with Crippen LogP contribution in [0.25, 0.3) is 0 Å². The van der Waals surface area contributed by atoms with E-state index in [0.717, 1.165) is 0 Å². The number of pyridine rings is 1. The molecule has 26 heavy (non-hydrogen) atoms. The first-order chi connectivity index (χ1) is 12.6. The van der Waals surface area contributed by atoms with Gasteiger partial charge in [0.1, 0.15) is 23.6 Å². The van der Waals surface area contributed by atoms with Crippen molar-refractivity contribution in [3.05, 3.63) is 58.5 Å². The van der Waals surface area contributed by atoms with Crippen LogP contribution in [0.4, 0.5) is 4.39 Å². The number of rotatable bonds is 4. The maximum Gasteiger partial charge on any atom is 0.343 e. The molecule has 2 heterocycles. The van der Waals surface area contributed by atoms with E-state index in [-0.39, 0.29) is 16.5 Å². The topological polar surface area (TPSA) is 69.7 Å². The first-order valence-electron chi connectivity index (χ1n) is 8.07. The summed E-state index contributed by atoms with van der Waals surface area (Å²) in [6.45, 7) is 1.49. The van der Waals surface area contributed by atoms with Crippen LogP contribution in [0.3, 0.4) is 0 Å². The summed E-state index contributed by atoms with van der Waals surface area (Å²) >= 11 is 5.77. The van der Waals surface area contributed by atoms with Crippen molar-refractivity contribution >= 4 is 17.6 Å². The highest BCUT2D eigenvalue weighted by Crippen LogP contribution is 2.29. The van der Waals surface area contributed by atoms with E-state index < -0.39 is 24.0 Å². The second-order valence-electron chi connectivity index (χ2n) is 5.67. The average Bonchev–Trinajstić information content (AvgIpc) is 2.89. The third kappa shape index (κ3) is 4.12. The predicted octanol–water partition coefficient (Wildman–Crippen LogP) is 2.77. The molecule has 3 rings (SSSR count). The van der Waals surface area contributed by atoms with Gasteiger partial charge >= 0.3 is 5.97 Å². The highest BCUT2D eigenvalue weighted by Gasteiger charge is 2.30. The number of benzene rings is 1. The fourth-order valence-corrected chi connectivity index (χ4v) is 2.83. The van der Waals surface area contributed by atoms with Crippen LogP contribution in [0.2, 0.25) is 5.02 Å². The summed E-state index contributed by atoms with van der Waals surface area (Å²) in [6, 6.07) is 7.68. The number of esters is 1. The molecule has 1 aliphatic rings. The summed E-state index contributed by atoms with van der Waals surface area (Å²) in [6.07, 6.45) is 0.435. The number of carbonyl (C=O) groups excluding carboxylic acids is 1. The monoisotopic (exact) mass is 380 g/mol. The molecule has 1 aliphatic heterocycles. The molecule has 0 amide bonds. The van der Waals surface area contributed by atoms with Crippen LogP contribution in [0.1, 0.15) is 22.0 Å². The van der Waals surface area contributed by atoms with E-state index in [0.29, 0.717) is 25.3 Å². The van der Waals surface area contributed by atoms with Crippen LogP contribution < -0.4 is 10.1 Å². The number of methoxy groups -OCH3 is 1. The Morgan fingerprint density at radius 1 is 1.42 bits per heavy atom. The van der Waals surface area contributed by atoms with Crippen molar-refractivity contribution in [3.8, 4) is 5.88 Å². The fourth-order valence-electron chi connectivity index (χ4n) is 2.71. The van der Waals surface area contributed by atoms with Gasteiger partial charge < -0.3 is 19.5 Å². The van der Waals surface area contributed by atoms with Crippen molar-refractivity contribution in [2.45, 2.75) is 12.2 Å². The summed E-state index contributed by atoms with van der Waals surface area (Å²) in [4.78, 5) is 16.1. The van der Waals surface area contributed by atoms with Gasteiger partial charge in [-0.25, -0.2) is 14.2 Å². The van der Waals surface area contributed by atoms with E-state index in [2.05, 4.69) is 10.3 Å². The Morgan fingerprint density at radius 3 is 3.04 bits per heavy atom. The van der Waals surface area contributed by atoms with Crippen molar-refractivity contribution < 1.29 is 23.4 Å². The van der Waals surface area contributed by atoms with E-state index in [1.807, 2.05) is 0 Å². The molecule has 1 aromatic heterocycles. The molecule has 0 aliphatic carbocycles. The zero-order valence-corrected chi connectivity index (χ0v) is 14.8. The maximum absolute atomic E-state index is 13.9. The Balaban J connectivity index is 1.90. The maximum atomic E-state index is 13.9. The molecular formula is C18H18ClFN2O4. The Bertz CT molecular complexity index is 790. The van der Waals surface area contributed by atoms with Crippen molar-refractivity contribution in [1.82, 2.24) is 10.3 Å². The zero-order valence-electron chi connectivity index (χ0n) is 14.1. The lowest BCUT2D eigenvalue weighted by atomic mass is 10.0. The molecule has 1 fully saturated rings. The standard InChI is InChI=1S/C18H18ClFN2O4/c1-24-18(23)12-3-2-6-22-17(12)26-15-10-21-7-8-25-16(15)11-4-5-13(19)14(20)9-11/h2-6,9,15-16,21H,7-8,10H2,1H3/t15-,16+/m0/s1. The van der Waals surface area contributed by atoms with Gasteiger partial charge in [-0.05, 0) is 29.8 Å². The molecule has 1 N–H and O–H groups in total. The number of aromatic nitrogens is 1. The summed E-state index contributed by atoms with van der Waals surface area (Å²) < 4.78 is 30.5. The number of halogens is 2. The summed E-state index contributed by atoms with van der Waals surface area (Å²) in [5, 5.41) is 3.23. The molecule has 1 aromatic carbocycles. The van der Waals surface area contributed by atoms with Crippen LogP contribution in [0.5, 0.6) is 5.88 Å². The molecule has 8 heteroatoms. The van der Waals surface area contributed by atoms with Gasteiger partial charge in [-0.2, -0.15) is 0 Å². The molecule has 6 nitrogen and oxygen atoms in total. The van der Waals surface area contributed by atoms with Crippen molar-refractivity contribution in [2.75, 3.05) is 26.8 Å². The van der Waals surface area contributed by atoms with E-state index in [4.69, 9.17) is 25.8 Å². The van der Waals surface area contributed by atoms with Crippen molar-refractivity contribution in [1.29, 1.82) is 0 Å². The van der Waals surface area contributed by atoms with Crippen LogP contribution in [0.15, 0.2) is 36.5 Å². The molecule has 0 spiro atoms. The second-order valence-corrected chi connectivity index (χ2v) is 6.08. The molecular weight excluding hydrogens is 363 g/mol. The smallest absolute Gasteiger partial charge is 0.343 e. The van der Waals surface area contributed by atoms with Gasteiger partial charge in [-0.1, -0.05) is 17.7 Å². The summed E-state index contributed by atoms with van der Waals surface area (Å²) in [5.41, 5.74) is 0.802. The number of nitrogens with one attached hydrogen (secondary N) is 1. The molecule has 2 atom stereocenters. The lowest BCUT2D eigenvalue weighted by molar-refractivity contribution is -0.0108. The molecule has 0 bridgehead atoms. The van der Waals surface area contributed by atoms with Crippen molar-refractivity contribution in [2.24, 2.45) is 0 Å². The second kappa shape index (κ2) is 8.44. The molecule has 138 valence electrons. The third-order valence-electron chi connectivity index (χ3n) is 3.97. The average molecular weight is 381 g/mol. The van der Waals surface area contributed by atoms with Gasteiger partial charge in [0, 0.05) is 19.3 Å². The van der Waals surface area contributed by atoms with Crippen LogP contribution in [0, 0.1) is 5.82 Å². The molecule has 0 radical (unpaired) electrons. The van der Waals surface area contributed by atoms with Gasteiger partial charge in [0.15, 0.2) is 0 Å². The lowest BCUT2D eigenvalue weighted by Crippen LogP contribution is -2.35. The van der Waals surface area contributed by atoms with Crippen LogP contribution >= 0.6 is 11.6 Å². The minimum Gasteiger partial charge on any atom is -0.469 e. The van der Waals surface area contributed by atoms with E-state index in [9.17, 15) is 9.18 Å². The SMILES string of the molecule is COC(=O)c1cccnc1O[C@H]1CNCCO[C@@H]1c1ccc(Cl)c(F)c1. The van der Waals surface area contributed by atoms with E-state index in [1.165, 1.54) is 25.4 Å². The van der Waals surface area contributed by atoms with E-state index >= 15 is 0 Å². The largest absolute Gasteiger partial charge is 0.469 e. The van der Waals surface area contributed by atoms with E-state index in [1.54, 1.807) is 18.2 Å².